The Morgan fingerprint density at radius 3 is 2.41 bits per heavy atom. The first-order valence-electron chi connectivity index (χ1n) is 8.25. The van der Waals surface area contributed by atoms with E-state index in [1.165, 1.54) is 22.8 Å². The second kappa shape index (κ2) is 5.44. The van der Waals surface area contributed by atoms with Crippen molar-refractivity contribution in [3.8, 4) is 6.07 Å². The van der Waals surface area contributed by atoms with Crippen LogP contribution < -0.4 is 5.32 Å². The van der Waals surface area contributed by atoms with E-state index >= 15 is 0 Å². The summed E-state index contributed by atoms with van der Waals surface area (Å²) < 4.78 is 58.1. The molecular formula is C18H18F4N4O. The van der Waals surface area contributed by atoms with E-state index in [9.17, 15) is 22.4 Å². The largest absolute Gasteiger partial charge is 0.339 e. The van der Waals surface area contributed by atoms with Crippen LogP contribution in [0.1, 0.15) is 50.9 Å². The van der Waals surface area contributed by atoms with Gasteiger partial charge in [-0.05, 0) is 17.5 Å². The highest BCUT2D eigenvalue weighted by Crippen LogP contribution is 2.63. The van der Waals surface area contributed by atoms with E-state index in [-0.39, 0.29) is 16.8 Å². The predicted octanol–water partition coefficient (Wildman–Crippen LogP) is 3.51. The number of carbonyl (C=O) groups excluding carboxylic acids is 1. The number of nitrogens with zero attached hydrogens (tertiary/aromatic N) is 3. The zero-order valence-electron chi connectivity index (χ0n) is 15.2. The van der Waals surface area contributed by atoms with Crippen LogP contribution in [0.3, 0.4) is 0 Å². The zero-order valence-corrected chi connectivity index (χ0v) is 15.2. The van der Waals surface area contributed by atoms with Gasteiger partial charge in [-0.15, -0.1) is 0 Å². The lowest BCUT2D eigenvalue weighted by Gasteiger charge is -2.53. The van der Waals surface area contributed by atoms with Gasteiger partial charge in [0.1, 0.15) is 0 Å². The van der Waals surface area contributed by atoms with Crippen LogP contribution in [-0.4, -0.2) is 27.4 Å². The average Bonchev–Trinajstić information content (AvgIpc) is 2.91. The summed E-state index contributed by atoms with van der Waals surface area (Å²) in [6.45, 7) is 6.17. The molecule has 1 atom stereocenters. The molecule has 1 N–H and O–H groups in total. The van der Waals surface area contributed by atoms with Crippen molar-refractivity contribution in [1.29, 1.82) is 5.26 Å². The molecule has 1 saturated carbocycles. The van der Waals surface area contributed by atoms with Crippen molar-refractivity contribution in [2.45, 2.75) is 56.9 Å². The van der Waals surface area contributed by atoms with Crippen molar-refractivity contribution in [3.63, 3.8) is 0 Å². The molecule has 0 aliphatic heterocycles. The molecule has 1 aliphatic carbocycles. The first kappa shape index (κ1) is 19.1. The Bertz CT molecular complexity index is 984. The van der Waals surface area contributed by atoms with Crippen LogP contribution in [0.4, 0.5) is 17.6 Å². The van der Waals surface area contributed by atoms with Gasteiger partial charge in [0.05, 0.1) is 29.3 Å². The molecule has 2 heterocycles. The van der Waals surface area contributed by atoms with Gasteiger partial charge in [0, 0.05) is 18.7 Å². The Hall–Kier alpha value is -2.63. The fourth-order valence-electron chi connectivity index (χ4n) is 3.63. The van der Waals surface area contributed by atoms with Crippen LogP contribution in [-0.2, 0) is 15.7 Å². The van der Waals surface area contributed by atoms with Gasteiger partial charge in [0.2, 0.25) is 5.91 Å². The normalized spacial score (nSPS) is 23.5. The summed E-state index contributed by atoms with van der Waals surface area (Å²) in [7, 11) is 0. The minimum Gasteiger partial charge on any atom is -0.339 e. The van der Waals surface area contributed by atoms with E-state index in [0.717, 1.165) is 6.92 Å². The molecule has 0 unspecified atom stereocenters. The summed E-state index contributed by atoms with van der Waals surface area (Å²) >= 11 is 0. The summed E-state index contributed by atoms with van der Waals surface area (Å²) in [5, 5.41) is 15.3. The first-order chi connectivity index (χ1) is 12.3. The van der Waals surface area contributed by atoms with Gasteiger partial charge in [-0.25, -0.2) is 4.52 Å². The highest BCUT2D eigenvalue weighted by molar-refractivity contribution is 5.76. The third-order valence-corrected chi connectivity index (χ3v) is 4.79. The molecule has 2 aromatic rings. The maximum absolute atomic E-state index is 14.7. The molecule has 27 heavy (non-hydrogen) atoms. The van der Waals surface area contributed by atoms with Crippen LogP contribution >= 0.6 is 0 Å². The lowest BCUT2D eigenvalue weighted by molar-refractivity contribution is -0.335. The molecule has 0 radical (unpaired) electrons. The Morgan fingerprint density at radius 1 is 1.33 bits per heavy atom. The number of nitrogens with one attached hydrogen (secondary N) is 1. The monoisotopic (exact) mass is 382 g/mol. The molecule has 1 aliphatic rings. The van der Waals surface area contributed by atoms with Gasteiger partial charge in [0.15, 0.2) is 5.54 Å². The number of amides is 1. The molecule has 144 valence electrons. The zero-order chi connectivity index (χ0) is 20.4. The van der Waals surface area contributed by atoms with Gasteiger partial charge < -0.3 is 5.32 Å². The first-order valence-corrected chi connectivity index (χ1v) is 8.25. The van der Waals surface area contributed by atoms with Crippen molar-refractivity contribution in [1.82, 2.24) is 14.9 Å². The third-order valence-electron chi connectivity index (χ3n) is 4.79. The summed E-state index contributed by atoms with van der Waals surface area (Å²) in [6, 6.07) is 4.86. The van der Waals surface area contributed by atoms with Crippen molar-refractivity contribution in [2.24, 2.45) is 0 Å². The molecule has 3 rings (SSSR count). The van der Waals surface area contributed by atoms with E-state index in [0.29, 0.717) is 5.52 Å². The average molecular weight is 382 g/mol. The maximum atomic E-state index is 14.7. The number of carbonyl (C=O) groups is 1. The molecule has 5 nitrogen and oxygen atoms in total. The Balaban J connectivity index is 2.38. The van der Waals surface area contributed by atoms with Gasteiger partial charge in [0.25, 0.3) is 0 Å². The van der Waals surface area contributed by atoms with Crippen LogP contribution in [0, 0.1) is 11.3 Å². The summed E-state index contributed by atoms with van der Waals surface area (Å²) in [6.07, 6.45) is 0.147. The smallest absolute Gasteiger partial charge is 0.338 e. The van der Waals surface area contributed by atoms with Gasteiger partial charge in [-0.3, -0.25) is 4.79 Å². The Kier molecular flexibility index (Phi) is 3.86. The number of hydrogen-bond acceptors (Lipinski definition) is 3. The minimum atomic E-state index is -4.51. The number of alkyl halides is 4. The summed E-state index contributed by atoms with van der Waals surface area (Å²) in [5.74, 6) is -9.64. The Morgan fingerprint density at radius 2 is 1.96 bits per heavy atom. The second-order valence-electron chi connectivity index (χ2n) is 7.87. The summed E-state index contributed by atoms with van der Waals surface area (Å²) in [4.78, 5) is 11.6. The number of nitriles is 1. The SMILES string of the molecule is CC(=O)N[C@@]1(c2nn3ccc(C#N)cc3c2C(C)(C)C)CC(F)(F)C1(F)F. The van der Waals surface area contributed by atoms with Crippen molar-refractivity contribution < 1.29 is 22.4 Å². The standard InChI is InChI=1S/C18H18F4N4O/c1-10(27)24-16(9-17(19,20)18(16,21)22)14-13(15(2,3)4)12-7-11(8-23)5-6-26(12)25-14/h5-7H,9H2,1-4H3,(H,24,27)/t16-/m1/s1. The van der Waals surface area contributed by atoms with Gasteiger partial charge >= 0.3 is 11.8 Å². The molecular weight excluding hydrogens is 364 g/mol. The van der Waals surface area contributed by atoms with E-state index in [4.69, 9.17) is 5.26 Å². The number of fused-ring (bicyclic) bond motifs is 1. The number of rotatable bonds is 2. The summed E-state index contributed by atoms with van der Waals surface area (Å²) in [5.41, 5.74) is -2.78. The highest BCUT2D eigenvalue weighted by Gasteiger charge is 2.83. The number of aromatic nitrogens is 2. The second-order valence-corrected chi connectivity index (χ2v) is 7.87. The topological polar surface area (TPSA) is 70.2 Å². The van der Waals surface area contributed by atoms with Crippen LogP contribution in [0.5, 0.6) is 0 Å². The van der Waals surface area contributed by atoms with Crippen molar-refractivity contribution in [3.05, 3.63) is 35.2 Å². The number of halogens is 4. The van der Waals surface area contributed by atoms with Crippen LogP contribution in [0.2, 0.25) is 0 Å². The van der Waals surface area contributed by atoms with E-state index in [1.54, 1.807) is 20.8 Å². The van der Waals surface area contributed by atoms with E-state index in [1.807, 2.05) is 11.4 Å². The minimum absolute atomic E-state index is 0.277. The number of hydrogen-bond donors (Lipinski definition) is 1. The molecule has 0 saturated heterocycles. The lowest BCUT2D eigenvalue weighted by atomic mass is 9.64. The van der Waals surface area contributed by atoms with Crippen LogP contribution in [0.25, 0.3) is 5.52 Å². The maximum Gasteiger partial charge on any atom is 0.338 e. The molecule has 9 heteroatoms. The van der Waals surface area contributed by atoms with Crippen molar-refractivity contribution >= 4 is 11.4 Å². The highest BCUT2D eigenvalue weighted by atomic mass is 19.3. The van der Waals surface area contributed by atoms with Gasteiger partial charge in [-0.2, -0.15) is 27.9 Å². The molecule has 0 bridgehead atoms. The number of pyridine rings is 1. The Labute approximate surface area is 153 Å². The van der Waals surface area contributed by atoms with E-state index in [2.05, 4.69) is 5.10 Å². The quantitative estimate of drug-likeness (QED) is 0.808. The van der Waals surface area contributed by atoms with E-state index < -0.39 is 35.1 Å². The molecule has 2 aromatic heterocycles. The van der Waals surface area contributed by atoms with Crippen molar-refractivity contribution in [2.75, 3.05) is 0 Å². The molecule has 0 spiro atoms. The van der Waals surface area contributed by atoms with Gasteiger partial charge in [-0.1, -0.05) is 20.8 Å². The molecule has 1 amide bonds. The van der Waals surface area contributed by atoms with Crippen LogP contribution in [0.15, 0.2) is 18.3 Å². The third kappa shape index (κ3) is 2.50. The fourth-order valence-corrected chi connectivity index (χ4v) is 3.63. The lowest BCUT2D eigenvalue weighted by Crippen LogP contribution is -2.76. The molecule has 0 aromatic carbocycles. The predicted molar refractivity (Wildman–Crippen MR) is 88.6 cm³/mol. The molecule has 1 fully saturated rings. The fraction of sp³-hybridized carbons (Fsp3) is 0.500.